The van der Waals surface area contributed by atoms with Crippen molar-refractivity contribution < 1.29 is 22.6 Å². The first-order valence-electron chi connectivity index (χ1n) is 7.21. The summed E-state index contributed by atoms with van der Waals surface area (Å²) in [7, 11) is -2.06. The first-order chi connectivity index (χ1) is 11.5. The van der Waals surface area contributed by atoms with E-state index in [1.54, 1.807) is 6.07 Å². The van der Waals surface area contributed by atoms with E-state index in [0.29, 0.717) is 28.1 Å². The highest BCUT2D eigenvalue weighted by atomic mass is 79.9. The van der Waals surface area contributed by atoms with Crippen molar-refractivity contribution >= 4 is 26.0 Å². The first kappa shape index (κ1) is 17.1. The van der Waals surface area contributed by atoms with Crippen LogP contribution >= 0.6 is 15.9 Å². The molecule has 0 aliphatic carbocycles. The Morgan fingerprint density at radius 2 is 1.96 bits per heavy atom. The molecule has 2 aromatic carbocycles. The summed E-state index contributed by atoms with van der Waals surface area (Å²) in [5.41, 5.74) is 0.970. The highest BCUT2D eigenvalue weighted by Crippen LogP contribution is 2.32. The fourth-order valence-electron chi connectivity index (χ4n) is 2.32. The first-order valence-corrected chi connectivity index (χ1v) is 9.49. The summed E-state index contributed by atoms with van der Waals surface area (Å²) in [5.74, 6) is 1.98. The van der Waals surface area contributed by atoms with Gasteiger partial charge in [-0.2, -0.15) is 0 Å². The third-order valence-electron chi connectivity index (χ3n) is 3.58. The van der Waals surface area contributed by atoms with Crippen molar-refractivity contribution in [3.05, 3.63) is 46.4 Å². The molecule has 0 unspecified atom stereocenters. The zero-order chi connectivity index (χ0) is 17.2. The van der Waals surface area contributed by atoms with Gasteiger partial charge in [0, 0.05) is 6.54 Å². The number of hydrogen-bond acceptors (Lipinski definition) is 5. The molecule has 0 spiro atoms. The SMILES string of the molecule is COc1ccc(S(=O)(=O)NCCc2ccc3c(c2)OCO3)cc1Br. The minimum absolute atomic E-state index is 0.181. The van der Waals surface area contributed by atoms with Crippen LogP contribution in [-0.2, 0) is 16.4 Å². The van der Waals surface area contributed by atoms with Crippen LogP contribution in [0.4, 0.5) is 0 Å². The van der Waals surface area contributed by atoms with Crippen LogP contribution in [0.15, 0.2) is 45.8 Å². The number of hydrogen-bond donors (Lipinski definition) is 1. The second-order valence-electron chi connectivity index (χ2n) is 5.13. The van der Waals surface area contributed by atoms with Crippen LogP contribution in [0.2, 0.25) is 0 Å². The fourth-order valence-corrected chi connectivity index (χ4v) is 4.07. The smallest absolute Gasteiger partial charge is 0.240 e. The lowest BCUT2D eigenvalue weighted by molar-refractivity contribution is 0.174. The predicted molar refractivity (Wildman–Crippen MR) is 92.2 cm³/mol. The Kier molecular flexibility index (Phi) is 4.98. The molecule has 1 N–H and O–H groups in total. The summed E-state index contributed by atoms with van der Waals surface area (Å²) >= 11 is 3.29. The van der Waals surface area contributed by atoms with Gasteiger partial charge in [0.15, 0.2) is 11.5 Å². The molecule has 0 fully saturated rings. The Morgan fingerprint density at radius 3 is 2.71 bits per heavy atom. The van der Waals surface area contributed by atoms with Gasteiger partial charge in [0.1, 0.15) is 5.75 Å². The van der Waals surface area contributed by atoms with E-state index >= 15 is 0 Å². The third-order valence-corrected chi connectivity index (χ3v) is 5.65. The monoisotopic (exact) mass is 413 g/mol. The number of benzene rings is 2. The Balaban J connectivity index is 1.64. The molecule has 0 bridgehead atoms. The van der Waals surface area contributed by atoms with Crippen molar-refractivity contribution in [1.29, 1.82) is 0 Å². The highest BCUT2D eigenvalue weighted by molar-refractivity contribution is 9.10. The fraction of sp³-hybridized carbons (Fsp3) is 0.250. The van der Waals surface area contributed by atoms with Crippen LogP contribution in [-0.4, -0.2) is 28.9 Å². The normalized spacial score (nSPS) is 13.1. The molecule has 1 aliphatic rings. The van der Waals surface area contributed by atoms with Crippen LogP contribution < -0.4 is 18.9 Å². The molecule has 24 heavy (non-hydrogen) atoms. The van der Waals surface area contributed by atoms with Gasteiger partial charge in [0.2, 0.25) is 16.8 Å². The van der Waals surface area contributed by atoms with Crippen molar-refractivity contribution in [3.8, 4) is 17.2 Å². The maximum atomic E-state index is 12.3. The largest absolute Gasteiger partial charge is 0.496 e. The van der Waals surface area contributed by atoms with E-state index in [2.05, 4.69) is 20.7 Å². The predicted octanol–water partition coefficient (Wildman–Crippen LogP) is 2.71. The van der Waals surface area contributed by atoms with Crippen LogP contribution in [0.5, 0.6) is 17.2 Å². The molecule has 0 amide bonds. The number of nitrogens with one attached hydrogen (secondary N) is 1. The summed E-state index contributed by atoms with van der Waals surface area (Å²) < 4.78 is 43.5. The molecule has 0 aromatic heterocycles. The van der Waals surface area contributed by atoms with Gasteiger partial charge in [-0.15, -0.1) is 0 Å². The van der Waals surface area contributed by atoms with Gasteiger partial charge in [-0.1, -0.05) is 6.07 Å². The lowest BCUT2D eigenvalue weighted by atomic mass is 10.1. The van der Waals surface area contributed by atoms with E-state index in [0.717, 1.165) is 5.56 Å². The number of ether oxygens (including phenoxy) is 3. The molecule has 6 nitrogen and oxygen atoms in total. The van der Waals surface area contributed by atoms with E-state index in [-0.39, 0.29) is 18.2 Å². The quantitative estimate of drug-likeness (QED) is 0.787. The molecule has 8 heteroatoms. The molecule has 0 saturated carbocycles. The van der Waals surface area contributed by atoms with Crippen molar-refractivity contribution in [3.63, 3.8) is 0 Å². The maximum absolute atomic E-state index is 12.3. The van der Waals surface area contributed by atoms with Gasteiger partial charge in [-0.25, -0.2) is 13.1 Å². The van der Waals surface area contributed by atoms with Crippen LogP contribution in [0.25, 0.3) is 0 Å². The average Bonchev–Trinajstić information content (AvgIpc) is 3.02. The topological polar surface area (TPSA) is 73.9 Å². The molecule has 1 aliphatic heterocycles. The highest BCUT2D eigenvalue weighted by Gasteiger charge is 2.16. The molecule has 2 aromatic rings. The molecule has 128 valence electrons. The van der Waals surface area contributed by atoms with E-state index in [1.165, 1.54) is 19.2 Å². The summed E-state index contributed by atoms with van der Waals surface area (Å²) in [5, 5.41) is 0. The lowest BCUT2D eigenvalue weighted by Crippen LogP contribution is -2.26. The molecule has 0 radical (unpaired) electrons. The van der Waals surface area contributed by atoms with Crippen LogP contribution in [0, 0.1) is 0 Å². The molecule has 0 atom stereocenters. The van der Waals surface area contributed by atoms with E-state index in [9.17, 15) is 8.42 Å². The van der Waals surface area contributed by atoms with Crippen LogP contribution in [0.3, 0.4) is 0 Å². The Bertz CT molecular complexity index is 854. The minimum atomic E-state index is -3.58. The second kappa shape index (κ2) is 7.00. The number of methoxy groups -OCH3 is 1. The van der Waals surface area contributed by atoms with Gasteiger partial charge in [-0.05, 0) is 58.2 Å². The van der Waals surface area contributed by atoms with Crippen molar-refractivity contribution in [2.45, 2.75) is 11.3 Å². The van der Waals surface area contributed by atoms with Crippen molar-refractivity contribution in [1.82, 2.24) is 4.72 Å². The van der Waals surface area contributed by atoms with E-state index < -0.39 is 10.0 Å². The summed E-state index contributed by atoms with van der Waals surface area (Å²) in [6.45, 7) is 0.503. The number of sulfonamides is 1. The van der Waals surface area contributed by atoms with Gasteiger partial charge in [0.05, 0.1) is 16.5 Å². The van der Waals surface area contributed by atoms with Gasteiger partial charge < -0.3 is 14.2 Å². The zero-order valence-corrected chi connectivity index (χ0v) is 15.3. The maximum Gasteiger partial charge on any atom is 0.240 e. The summed E-state index contributed by atoms with van der Waals surface area (Å²) in [4.78, 5) is 0.181. The minimum Gasteiger partial charge on any atom is -0.496 e. The Labute approximate surface area is 148 Å². The summed E-state index contributed by atoms with van der Waals surface area (Å²) in [6, 6.07) is 10.2. The van der Waals surface area contributed by atoms with E-state index in [1.807, 2.05) is 18.2 Å². The lowest BCUT2D eigenvalue weighted by Gasteiger charge is -2.09. The van der Waals surface area contributed by atoms with Crippen molar-refractivity contribution in [2.24, 2.45) is 0 Å². The molecule has 0 saturated heterocycles. The Hall–Kier alpha value is -1.77. The van der Waals surface area contributed by atoms with Gasteiger partial charge in [0.25, 0.3) is 0 Å². The zero-order valence-electron chi connectivity index (χ0n) is 12.9. The van der Waals surface area contributed by atoms with Gasteiger partial charge >= 0.3 is 0 Å². The second-order valence-corrected chi connectivity index (χ2v) is 7.75. The van der Waals surface area contributed by atoms with Gasteiger partial charge in [-0.3, -0.25) is 0 Å². The molecule has 3 rings (SSSR count). The third kappa shape index (κ3) is 3.66. The molecule has 1 heterocycles. The Morgan fingerprint density at radius 1 is 1.17 bits per heavy atom. The number of halogens is 1. The van der Waals surface area contributed by atoms with Crippen molar-refractivity contribution in [2.75, 3.05) is 20.4 Å². The van der Waals surface area contributed by atoms with Crippen LogP contribution in [0.1, 0.15) is 5.56 Å². The average molecular weight is 414 g/mol. The standard InChI is InChI=1S/C16H16BrNO5S/c1-21-14-5-3-12(9-13(14)17)24(19,20)18-7-6-11-2-4-15-16(8-11)23-10-22-15/h2-5,8-9,18H,6-7,10H2,1H3. The summed E-state index contributed by atoms with van der Waals surface area (Å²) in [6.07, 6.45) is 0.549. The molecular weight excluding hydrogens is 398 g/mol. The molecular formula is C16H16BrNO5S. The number of rotatable bonds is 6. The number of fused-ring (bicyclic) bond motifs is 1. The van der Waals surface area contributed by atoms with E-state index in [4.69, 9.17) is 14.2 Å².